The molecule has 0 atom stereocenters. The summed E-state index contributed by atoms with van der Waals surface area (Å²) in [7, 11) is 0. The number of alkyl halides is 12. The summed E-state index contributed by atoms with van der Waals surface area (Å²) in [6, 6.07) is 7.32. The number of hydrogen-bond acceptors (Lipinski definition) is 4. The quantitative estimate of drug-likeness (QED) is 0.184. The molecule has 0 aliphatic heterocycles. The van der Waals surface area contributed by atoms with Gasteiger partial charge in [-0.05, 0) is 41.5 Å². The Labute approximate surface area is 216 Å². The molecular formula is C24H16F12O4. The van der Waals surface area contributed by atoms with Crippen LogP contribution in [-0.2, 0) is 5.41 Å². The number of halogens is 12. The molecule has 3 aromatic carbocycles. The first-order valence-corrected chi connectivity index (χ1v) is 10.4. The minimum Gasteiger partial charge on any atom is -0.508 e. The van der Waals surface area contributed by atoms with Crippen LogP contribution in [0.25, 0.3) is 0 Å². The van der Waals surface area contributed by atoms with E-state index < -0.39 is 75.7 Å². The Hall–Kier alpha value is -3.98. The van der Waals surface area contributed by atoms with E-state index in [1.807, 2.05) is 0 Å². The number of aromatic hydroxyl groups is 4. The van der Waals surface area contributed by atoms with Crippen LogP contribution in [-0.4, -0.2) is 45.1 Å². The van der Waals surface area contributed by atoms with Crippen molar-refractivity contribution in [3.05, 3.63) is 83.4 Å². The maximum Gasteiger partial charge on any atom is 0.411 e. The molecule has 3 aromatic rings. The standard InChI is InChI=1S/C15H10F6O2.C9H6F6O2/c16-14(17,18)13(15(19,20)21,9-1-5-11(22)6-2-9)10-3-7-12(23)8-4-10;10-8(11,12)7(9(13,14)15)4-2-1-3-5(16)6(4)17/h1-8,22-23H;1-3,7,16-17H. The predicted octanol–water partition coefficient (Wildman–Crippen LogP) is 7.81. The summed E-state index contributed by atoms with van der Waals surface area (Å²) in [5, 5.41) is 36.2. The van der Waals surface area contributed by atoms with E-state index in [0.717, 1.165) is 36.4 Å². The van der Waals surface area contributed by atoms with Crippen molar-refractivity contribution in [2.24, 2.45) is 0 Å². The van der Waals surface area contributed by atoms with Gasteiger partial charge in [-0.15, -0.1) is 0 Å². The van der Waals surface area contributed by atoms with Crippen LogP contribution in [0, 0.1) is 0 Å². The molecule has 0 saturated carbocycles. The summed E-state index contributed by atoms with van der Waals surface area (Å²) in [6.45, 7) is 0. The highest BCUT2D eigenvalue weighted by Gasteiger charge is 2.72. The van der Waals surface area contributed by atoms with Crippen LogP contribution in [0.1, 0.15) is 22.6 Å². The van der Waals surface area contributed by atoms with E-state index in [0.29, 0.717) is 30.3 Å². The SMILES string of the molecule is Oc1ccc(C(c2ccc(O)cc2)(C(F)(F)F)C(F)(F)F)cc1.Oc1cccc(C(C(F)(F)F)C(F)(F)F)c1O. The minimum absolute atomic E-state index is 0.459. The van der Waals surface area contributed by atoms with E-state index in [1.165, 1.54) is 0 Å². The zero-order valence-electron chi connectivity index (χ0n) is 19.3. The predicted molar refractivity (Wildman–Crippen MR) is 114 cm³/mol. The summed E-state index contributed by atoms with van der Waals surface area (Å²) in [5.41, 5.74) is -7.87. The average Bonchev–Trinajstić information content (AvgIpc) is 2.76. The lowest BCUT2D eigenvalue weighted by Crippen LogP contribution is -2.54. The first kappa shape index (κ1) is 32.2. The molecule has 3 rings (SSSR count). The van der Waals surface area contributed by atoms with Crippen LogP contribution >= 0.6 is 0 Å². The number of rotatable bonds is 3. The number of para-hydroxylation sites is 1. The molecule has 16 heteroatoms. The van der Waals surface area contributed by atoms with Gasteiger partial charge in [-0.1, -0.05) is 36.4 Å². The molecule has 4 N–H and O–H groups in total. The lowest BCUT2D eigenvalue weighted by atomic mass is 9.73. The van der Waals surface area contributed by atoms with Crippen molar-refractivity contribution in [1.29, 1.82) is 0 Å². The highest BCUT2D eigenvalue weighted by atomic mass is 19.4. The topological polar surface area (TPSA) is 80.9 Å². The van der Waals surface area contributed by atoms with Gasteiger partial charge in [0.2, 0.25) is 5.41 Å². The highest BCUT2D eigenvalue weighted by Crippen LogP contribution is 2.56. The molecule has 0 unspecified atom stereocenters. The maximum atomic E-state index is 13.6. The molecule has 220 valence electrons. The van der Waals surface area contributed by atoms with Gasteiger partial charge >= 0.3 is 24.7 Å². The van der Waals surface area contributed by atoms with E-state index in [1.54, 1.807) is 0 Å². The maximum absolute atomic E-state index is 13.6. The van der Waals surface area contributed by atoms with Crippen molar-refractivity contribution in [3.63, 3.8) is 0 Å². The van der Waals surface area contributed by atoms with Crippen LogP contribution < -0.4 is 0 Å². The van der Waals surface area contributed by atoms with Crippen LogP contribution in [0.4, 0.5) is 52.7 Å². The van der Waals surface area contributed by atoms with Gasteiger partial charge in [0, 0.05) is 5.56 Å². The molecule has 0 fully saturated rings. The number of hydrogen-bond donors (Lipinski definition) is 4. The largest absolute Gasteiger partial charge is 0.508 e. The summed E-state index contributed by atoms with van der Waals surface area (Å²) >= 11 is 0. The van der Waals surface area contributed by atoms with Crippen molar-refractivity contribution in [2.45, 2.75) is 36.0 Å². The van der Waals surface area contributed by atoms with Gasteiger partial charge < -0.3 is 20.4 Å². The summed E-state index contributed by atoms with van der Waals surface area (Å²) in [4.78, 5) is 0. The van der Waals surface area contributed by atoms with Crippen LogP contribution in [0.3, 0.4) is 0 Å². The Balaban J connectivity index is 0.000000294. The molecule has 0 aliphatic carbocycles. The number of phenols is 4. The van der Waals surface area contributed by atoms with Gasteiger partial charge in [0.1, 0.15) is 11.5 Å². The first-order chi connectivity index (χ1) is 18.0. The normalized spacial score (nSPS) is 13.1. The molecule has 0 heterocycles. The summed E-state index contributed by atoms with van der Waals surface area (Å²) in [5.74, 6) is -7.22. The third kappa shape index (κ3) is 6.42. The summed E-state index contributed by atoms with van der Waals surface area (Å²) < 4.78 is 155. The van der Waals surface area contributed by atoms with E-state index in [4.69, 9.17) is 20.4 Å². The highest BCUT2D eigenvalue weighted by molar-refractivity contribution is 5.48. The molecule has 0 aliphatic rings. The smallest absolute Gasteiger partial charge is 0.411 e. The van der Waals surface area contributed by atoms with E-state index >= 15 is 0 Å². The fourth-order valence-corrected chi connectivity index (χ4v) is 3.72. The Morgan fingerprint density at radius 3 is 1.12 bits per heavy atom. The monoisotopic (exact) mass is 596 g/mol. The number of phenolic OH excluding ortho intramolecular Hbond substituents is 4. The zero-order valence-corrected chi connectivity index (χ0v) is 19.3. The molecule has 0 amide bonds. The third-order valence-corrected chi connectivity index (χ3v) is 5.46. The fraction of sp³-hybridized carbons (Fsp3) is 0.250. The second-order valence-corrected chi connectivity index (χ2v) is 8.07. The Morgan fingerprint density at radius 2 is 0.825 bits per heavy atom. The first-order valence-electron chi connectivity index (χ1n) is 10.4. The van der Waals surface area contributed by atoms with Gasteiger partial charge in [-0.25, -0.2) is 0 Å². The minimum atomic E-state index is -5.70. The second kappa shape index (κ2) is 10.9. The molecular weight excluding hydrogens is 580 g/mol. The molecule has 4 nitrogen and oxygen atoms in total. The van der Waals surface area contributed by atoms with Gasteiger partial charge in [0.15, 0.2) is 17.4 Å². The molecule has 0 saturated heterocycles. The summed E-state index contributed by atoms with van der Waals surface area (Å²) in [6.07, 6.45) is -22.6. The lowest BCUT2D eigenvalue weighted by molar-refractivity contribution is -0.288. The Morgan fingerprint density at radius 1 is 0.475 bits per heavy atom. The third-order valence-electron chi connectivity index (χ3n) is 5.46. The van der Waals surface area contributed by atoms with Gasteiger partial charge in [-0.3, -0.25) is 0 Å². The fourth-order valence-electron chi connectivity index (χ4n) is 3.72. The van der Waals surface area contributed by atoms with Gasteiger partial charge in [0.05, 0.1) is 0 Å². The van der Waals surface area contributed by atoms with Crippen molar-refractivity contribution in [2.75, 3.05) is 0 Å². The van der Waals surface area contributed by atoms with Crippen molar-refractivity contribution >= 4 is 0 Å². The zero-order chi connectivity index (χ0) is 30.9. The number of benzene rings is 3. The van der Waals surface area contributed by atoms with Gasteiger partial charge in [-0.2, -0.15) is 52.7 Å². The van der Waals surface area contributed by atoms with Crippen LogP contribution in [0.2, 0.25) is 0 Å². The lowest BCUT2D eigenvalue weighted by Gasteiger charge is -2.38. The van der Waals surface area contributed by atoms with Crippen molar-refractivity contribution in [3.8, 4) is 23.0 Å². The van der Waals surface area contributed by atoms with E-state index in [2.05, 4.69) is 0 Å². The Kier molecular flexibility index (Phi) is 8.77. The average molecular weight is 596 g/mol. The van der Waals surface area contributed by atoms with E-state index in [-0.39, 0.29) is 0 Å². The van der Waals surface area contributed by atoms with Crippen LogP contribution in [0.5, 0.6) is 23.0 Å². The second-order valence-electron chi connectivity index (χ2n) is 8.07. The molecule has 0 spiro atoms. The van der Waals surface area contributed by atoms with Crippen molar-refractivity contribution in [1.82, 2.24) is 0 Å². The van der Waals surface area contributed by atoms with Crippen molar-refractivity contribution < 1.29 is 73.1 Å². The van der Waals surface area contributed by atoms with Gasteiger partial charge in [0.25, 0.3) is 0 Å². The molecule has 0 radical (unpaired) electrons. The van der Waals surface area contributed by atoms with Crippen LogP contribution in [0.15, 0.2) is 66.7 Å². The molecule has 40 heavy (non-hydrogen) atoms. The Bertz CT molecular complexity index is 1200. The molecule has 0 aromatic heterocycles. The molecule has 0 bridgehead atoms. The van der Waals surface area contributed by atoms with E-state index in [9.17, 15) is 52.7 Å².